The Morgan fingerprint density at radius 1 is 0.422 bits per heavy atom. The maximum absolute atomic E-state index is 6.78. The number of ether oxygens (including phenoxy) is 1. The number of nitrogens with zero attached hydrogens (tertiary/aromatic N) is 3. The quantitative estimate of drug-likeness (QED) is 0.123. The van der Waals surface area contributed by atoms with E-state index in [1.807, 2.05) is 18.3 Å². The molecule has 0 saturated carbocycles. The van der Waals surface area contributed by atoms with Crippen molar-refractivity contribution in [3.05, 3.63) is 198 Å². The van der Waals surface area contributed by atoms with Gasteiger partial charge in [-0.05, 0) is 128 Å². The highest BCUT2D eigenvalue weighted by Crippen LogP contribution is 2.44. The second kappa shape index (κ2) is 18.0. The number of rotatable bonds is 12. The fourth-order valence-corrected chi connectivity index (χ4v) is 9.15. The van der Waals surface area contributed by atoms with Gasteiger partial charge in [0.25, 0.3) is 0 Å². The van der Waals surface area contributed by atoms with Gasteiger partial charge in [-0.1, -0.05) is 171 Å². The predicted molar refractivity (Wildman–Crippen MR) is 269 cm³/mol. The lowest BCUT2D eigenvalue weighted by Gasteiger charge is -2.24. The van der Waals surface area contributed by atoms with Crippen molar-refractivity contribution in [1.82, 2.24) is 14.5 Å². The van der Waals surface area contributed by atoms with E-state index in [0.717, 1.165) is 50.7 Å². The van der Waals surface area contributed by atoms with E-state index in [1.165, 1.54) is 55.8 Å². The van der Waals surface area contributed by atoms with Crippen molar-refractivity contribution in [1.29, 1.82) is 0 Å². The van der Waals surface area contributed by atoms with Gasteiger partial charge in [0, 0.05) is 22.9 Å². The van der Waals surface area contributed by atoms with Crippen LogP contribution in [0.25, 0.3) is 72.7 Å². The first-order valence-electron chi connectivity index (χ1n) is 22.8. The molecule has 4 nitrogen and oxygen atoms in total. The minimum atomic E-state index is 0.273. The van der Waals surface area contributed by atoms with Crippen LogP contribution in [0, 0.1) is 0 Å². The molecule has 0 saturated heterocycles. The van der Waals surface area contributed by atoms with Crippen LogP contribution < -0.4 is 4.74 Å². The molecule has 64 heavy (non-hydrogen) atoms. The second-order valence-electron chi connectivity index (χ2n) is 18.2. The van der Waals surface area contributed by atoms with Gasteiger partial charge < -0.3 is 4.74 Å². The van der Waals surface area contributed by atoms with Gasteiger partial charge in [0.15, 0.2) is 0 Å². The molecular formula is C60H57N3O. The van der Waals surface area contributed by atoms with Gasteiger partial charge in [-0.2, -0.15) is 0 Å². The smallest absolute Gasteiger partial charge is 0.145 e. The lowest BCUT2D eigenvalue weighted by molar-refractivity contribution is 0.483. The van der Waals surface area contributed by atoms with Gasteiger partial charge in [0.1, 0.15) is 17.3 Å². The molecule has 2 heterocycles. The molecule has 0 aliphatic carbocycles. The first-order chi connectivity index (χ1) is 31.0. The van der Waals surface area contributed by atoms with E-state index in [-0.39, 0.29) is 11.8 Å². The van der Waals surface area contributed by atoms with Crippen LogP contribution in [-0.2, 0) is 0 Å². The standard InChI is InChI=1S/C60H57N3O/c1-38(2)51-34-46(42-20-11-9-12-21-42)35-52(39(3)4)57(51)50-28-19-31-61-58(50)44-24-17-26-48(32-44)64-49-27-18-25-45(33-49)60-62-55-29-15-16-30-56(55)63(60)59-53(40(5)6)36-47(37-54(59)41(7)8)43-22-13-10-14-23-43/h9-41H,1-8H3. The normalized spacial score (nSPS) is 11.7. The molecule has 9 aromatic rings. The summed E-state index contributed by atoms with van der Waals surface area (Å²) in [6, 6.07) is 60.4. The zero-order valence-corrected chi connectivity index (χ0v) is 38.3. The van der Waals surface area contributed by atoms with E-state index in [2.05, 4.69) is 218 Å². The summed E-state index contributed by atoms with van der Waals surface area (Å²) in [5.74, 6) is 3.53. The molecule has 0 N–H and O–H groups in total. The lowest BCUT2D eigenvalue weighted by Crippen LogP contribution is -2.09. The average molecular weight is 836 g/mol. The van der Waals surface area contributed by atoms with Crippen molar-refractivity contribution in [2.75, 3.05) is 0 Å². The number of fused-ring (bicyclic) bond motifs is 1. The Balaban J connectivity index is 1.12. The Labute approximate surface area is 379 Å². The van der Waals surface area contributed by atoms with Crippen molar-refractivity contribution in [3.8, 4) is 73.2 Å². The summed E-state index contributed by atoms with van der Waals surface area (Å²) < 4.78 is 9.17. The van der Waals surface area contributed by atoms with E-state index >= 15 is 0 Å². The number of hydrogen-bond acceptors (Lipinski definition) is 3. The zero-order chi connectivity index (χ0) is 44.5. The predicted octanol–water partition coefficient (Wildman–Crippen LogP) is 17.0. The highest BCUT2D eigenvalue weighted by atomic mass is 16.5. The van der Waals surface area contributed by atoms with E-state index in [9.17, 15) is 0 Å². The largest absolute Gasteiger partial charge is 0.457 e. The molecule has 9 rings (SSSR count). The van der Waals surface area contributed by atoms with Crippen LogP contribution in [0.15, 0.2) is 176 Å². The van der Waals surface area contributed by atoms with E-state index < -0.39 is 0 Å². The Kier molecular flexibility index (Phi) is 11.9. The molecule has 2 aromatic heterocycles. The SMILES string of the molecule is CC(C)c1cc(-c2ccccc2)cc(C(C)C)c1-c1cccnc1-c1cccc(Oc2cccc(-c3nc4ccccc4n3-c3c(C(C)C)cc(-c4ccccc4)cc3C(C)C)c2)c1. The van der Waals surface area contributed by atoms with Crippen LogP contribution in [0.2, 0.25) is 0 Å². The van der Waals surface area contributed by atoms with Crippen molar-refractivity contribution in [2.45, 2.75) is 79.1 Å². The third-order valence-corrected chi connectivity index (χ3v) is 12.4. The Bertz CT molecular complexity index is 3030. The maximum atomic E-state index is 6.78. The van der Waals surface area contributed by atoms with Crippen molar-refractivity contribution >= 4 is 11.0 Å². The lowest BCUT2D eigenvalue weighted by atomic mass is 9.81. The molecule has 0 bridgehead atoms. The van der Waals surface area contributed by atoms with E-state index in [0.29, 0.717) is 11.8 Å². The summed E-state index contributed by atoms with van der Waals surface area (Å²) in [4.78, 5) is 10.4. The molecule has 0 atom stereocenters. The first-order valence-corrected chi connectivity index (χ1v) is 22.8. The van der Waals surface area contributed by atoms with Crippen LogP contribution in [0.1, 0.15) is 101 Å². The third kappa shape index (κ3) is 8.29. The summed E-state index contributed by atoms with van der Waals surface area (Å²) in [5.41, 5.74) is 18.7. The molecule has 0 radical (unpaired) electrons. The molecule has 318 valence electrons. The number of aromatic nitrogens is 3. The Morgan fingerprint density at radius 3 is 1.47 bits per heavy atom. The fourth-order valence-electron chi connectivity index (χ4n) is 9.15. The van der Waals surface area contributed by atoms with E-state index in [4.69, 9.17) is 14.7 Å². The van der Waals surface area contributed by atoms with Crippen molar-refractivity contribution < 1.29 is 4.74 Å². The Morgan fingerprint density at radius 2 is 0.906 bits per heavy atom. The zero-order valence-electron chi connectivity index (χ0n) is 38.3. The minimum Gasteiger partial charge on any atom is -0.457 e. The highest BCUT2D eigenvalue weighted by Gasteiger charge is 2.25. The van der Waals surface area contributed by atoms with Crippen LogP contribution in [0.3, 0.4) is 0 Å². The molecule has 0 spiro atoms. The molecule has 0 fully saturated rings. The average Bonchev–Trinajstić information content (AvgIpc) is 3.71. The molecule has 0 amide bonds. The summed E-state index contributed by atoms with van der Waals surface area (Å²) in [5, 5.41) is 0. The maximum Gasteiger partial charge on any atom is 0.145 e. The van der Waals surface area contributed by atoms with Gasteiger partial charge in [0.05, 0.1) is 22.4 Å². The van der Waals surface area contributed by atoms with E-state index in [1.54, 1.807) is 0 Å². The molecule has 7 aromatic carbocycles. The summed E-state index contributed by atoms with van der Waals surface area (Å²) in [6.07, 6.45) is 1.90. The van der Waals surface area contributed by atoms with Gasteiger partial charge in [-0.3, -0.25) is 9.55 Å². The summed E-state index contributed by atoms with van der Waals surface area (Å²) in [6.45, 7) is 18.3. The minimum absolute atomic E-state index is 0.273. The third-order valence-electron chi connectivity index (χ3n) is 12.4. The van der Waals surface area contributed by atoms with Crippen molar-refractivity contribution in [3.63, 3.8) is 0 Å². The van der Waals surface area contributed by atoms with Gasteiger partial charge in [-0.15, -0.1) is 0 Å². The molecule has 0 aliphatic rings. The molecule has 4 heteroatoms. The molecule has 0 aliphatic heterocycles. The number of para-hydroxylation sites is 2. The second-order valence-corrected chi connectivity index (χ2v) is 18.2. The number of imidazole rings is 1. The van der Waals surface area contributed by atoms with Gasteiger partial charge >= 0.3 is 0 Å². The van der Waals surface area contributed by atoms with Gasteiger partial charge in [0.2, 0.25) is 0 Å². The molecular weight excluding hydrogens is 779 g/mol. The fraction of sp³-hybridized carbons (Fsp3) is 0.200. The van der Waals surface area contributed by atoms with Crippen LogP contribution in [0.4, 0.5) is 0 Å². The Hall–Kier alpha value is -7.04. The monoisotopic (exact) mass is 835 g/mol. The highest BCUT2D eigenvalue weighted by molar-refractivity contribution is 5.88. The van der Waals surface area contributed by atoms with Gasteiger partial charge in [-0.25, -0.2) is 4.98 Å². The van der Waals surface area contributed by atoms with Crippen LogP contribution in [-0.4, -0.2) is 14.5 Å². The van der Waals surface area contributed by atoms with Crippen molar-refractivity contribution in [2.24, 2.45) is 0 Å². The van der Waals surface area contributed by atoms with Crippen LogP contribution >= 0.6 is 0 Å². The summed E-state index contributed by atoms with van der Waals surface area (Å²) >= 11 is 0. The number of pyridine rings is 1. The topological polar surface area (TPSA) is 39.9 Å². The van der Waals surface area contributed by atoms with Crippen LogP contribution in [0.5, 0.6) is 11.5 Å². The number of hydrogen-bond donors (Lipinski definition) is 0. The number of benzene rings is 7. The first kappa shape index (κ1) is 42.3. The molecule has 0 unspecified atom stereocenters. The summed E-state index contributed by atoms with van der Waals surface area (Å²) in [7, 11) is 0.